The molecule has 15 heterocycles. The van der Waals surface area contributed by atoms with E-state index in [1.807, 2.05) is 0 Å². The lowest BCUT2D eigenvalue weighted by Gasteiger charge is -2.40. The van der Waals surface area contributed by atoms with Crippen molar-refractivity contribution in [3.8, 4) is 0 Å². The number of aliphatic hydroxyl groups is 1. The van der Waals surface area contributed by atoms with Crippen molar-refractivity contribution in [3.63, 3.8) is 0 Å². The number of nitrogens with two attached hydrogens (primary N) is 3. The fourth-order valence-electron chi connectivity index (χ4n) is 14.3. The van der Waals surface area contributed by atoms with Gasteiger partial charge >= 0.3 is 11.4 Å². The normalized spacial score (nSPS) is 33.0. The molecule has 7 saturated heterocycles. The number of aromatic nitrogens is 16. The van der Waals surface area contributed by atoms with Gasteiger partial charge in [0.25, 0.3) is 22.2 Å². The zero-order valence-electron chi connectivity index (χ0n) is 57.7. The van der Waals surface area contributed by atoms with Gasteiger partial charge in [-0.3, -0.25) is 66.5 Å². The van der Waals surface area contributed by atoms with Gasteiger partial charge in [0.15, 0.2) is 53.0 Å². The SMILES string of the molecule is Cc1cn([C@H]2C[C@@H](OP([O-])(=S)OC[C@H]3O[C@@H](n4cc(C)c(=O)[nH]c4=O)C[C@H]3OP([O-])(=S)OC[C@H]3O[C@@H](n4cnc5c(=O)[nH]c(N)nc54)C[C@H]3OP([O-])(O)=S)[C@@H](COP([O-])(=S)O[C@@H]3C4O[C@@H](C)[C@]3(COP(=O)([S-])O[C@@H]3C5O[C@@H](C)[C@]3(CO)O[C@H]5n3cnc5c(N)ncnc53)OC4n3cnc4c(=O)[nH]c(N)nc43)O2)c(=O)[nH]c1=O. The van der Waals surface area contributed by atoms with Gasteiger partial charge in [-0.2, -0.15) is 9.97 Å². The Labute approximate surface area is 650 Å². The van der Waals surface area contributed by atoms with Crippen molar-refractivity contribution in [2.45, 2.75) is 163 Å². The standard InChI is InChI=1S/C54H68N19O29P5S5/c1-19-8-69(51(79)67-43(19)75)29-6-24(99-104(83,109)87-10-26-23(98-103(81,82)108)5-31(95-26)71-16-61-33-41(71)63-49(56)65-45(33)77)27(93-29)11-88-105(84,110)100-25-7-30(70-9-20(2)44(76)68-52(70)80)94-28(25)12-89-106(85,111)102-38-36-48(73-18-62-34-42(73)64-50(57)66-46(34)78)97-54(38,22(4)92-36)14-90-107(86,112)101-37-35-47(96-53(37,13-74)21(3)91-35)72-17-60-32-39(55)58-15-59-40(32)72/h8-9,15-18,21-31,35-38,47-48,74H,5-7,10-14H2,1-4H3,(H,83,109)(H,84,110)(H,85,111)(H,86,112)(H2,55,58,59)(H,67,75,79)(H,68,76,80)(H2,81,82,108)(H3,56,63,65,77)(H3,57,64,66,78)/p-5/t21-,22-,23+,24+,25+,26+,27+,28+,29+,30+,31+,35?,36?,37+,38+,47+,48?,53-,54-,104?,105?,106?,107?/m0/s1. The first kappa shape index (κ1) is 81.5. The summed E-state index contributed by atoms with van der Waals surface area (Å²) in [6.45, 7) is -23.0. The average molecular weight is 1760 g/mol. The van der Waals surface area contributed by atoms with Crippen LogP contribution in [-0.2, 0) is 138 Å². The molecule has 8 aromatic heterocycles. The summed E-state index contributed by atoms with van der Waals surface area (Å²) in [6, 6.07) is 0. The van der Waals surface area contributed by atoms with E-state index < -0.39 is 229 Å². The summed E-state index contributed by atoms with van der Waals surface area (Å²) < 4.78 is 118. The van der Waals surface area contributed by atoms with E-state index in [-0.39, 0.29) is 68.8 Å². The number of imidazole rings is 3. The molecule has 0 aliphatic carbocycles. The molecule has 4 bridgehead atoms. The third-order valence-electron chi connectivity index (χ3n) is 19.7. The van der Waals surface area contributed by atoms with Crippen molar-refractivity contribution in [3.05, 3.63) is 111 Å². The first-order valence-electron chi connectivity index (χ1n) is 33.3. The second-order valence-corrected chi connectivity index (χ2v) is 40.0. The third kappa shape index (κ3) is 15.7. The van der Waals surface area contributed by atoms with E-state index >= 15 is 4.89 Å². The topological polar surface area (TPSA) is 656 Å². The molecule has 48 nitrogen and oxygen atoms in total. The van der Waals surface area contributed by atoms with Crippen molar-refractivity contribution in [1.82, 2.24) is 77.7 Å². The Bertz CT molecular complexity index is 5690. The second kappa shape index (κ2) is 30.3. The van der Waals surface area contributed by atoms with Crippen LogP contribution in [0.4, 0.5) is 17.7 Å². The number of anilines is 3. The lowest BCUT2D eigenvalue weighted by atomic mass is 9.94. The Morgan fingerprint density at radius 1 is 0.554 bits per heavy atom. The van der Waals surface area contributed by atoms with Crippen LogP contribution in [0, 0.1) is 13.8 Å². The zero-order valence-corrected chi connectivity index (χ0v) is 66.3. The highest BCUT2D eigenvalue weighted by molar-refractivity contribution is 8.32. The molecule has 0 saturated carbocycles. The summed E-state index contributed by atoms with van der Waals surface area (Å²) in [4.78, 5) is 182. The zero-order chi connectivity index (χ0) is 80.0. The number of rotatable bonds is 28. The molecule has 0 radical (unpaired) electrons. The summed E-state index contributed by atoms with van der Waals surface area (Å²) in [5, 5.41) is 11.0. The van der Waals surface area contributed by atoms with Gasteiger partial charge in [0.2, 0.25) is 11.9 Å². The molecule has 8 aromatic rings. The smallest absolute Gasteiger partial charge is 0.330 e. The predicted octanol–water partition coefficient (Wildman–Crippen LogP) is -4.50. The minimum absolute atomic E-state index is 0.0241. The van der Waals surface area contributed by atoms with E-state index in [1.165, 1.54) is 53.5 Å². The maximum absolute atomic E-state index is 15.1. The Morgan fingerprint density at radius 2 is 0.973 bits per heavy atom. The van der Waals surface area contributed by atoms with E-state index in [2.05, 4.69) is 66.6 Å². The Balaban J connectivity index is 0.666. The molecule has 7 fully saturated rings. The number of ether oxygens (including phenoxy) is 7. The number of hydrogen-bond donors (Lipinski definition) is 9. The van der Waals surface area contributed by atoms with Crippen molar-refractivity contribution >= 4 is 144 Å². The number of fused-ring (bicyclic) bond motifs is 7. The number of nitrogen functional groups attached to an aromatic ring is 3. The van der Waals surface area contributed by atoms with E-state index in [1.54, 1.807) is 6.92 Å². The van der Waals surface area contributed by atoms with Crippen LogP contribution in [0.1, 0.15) is 75.4 Å². The largest absolute Gasteiger partial charge is 0.780 e. The van der Waals surface area contributed by atoms with E-state index in [9.17, 15) is 58.0 Å². The summed E-state index contributed by atoms with van der Waals surface area (Å²) in [5.41, 5.74) is 9.02. The summed E-state index contributed by atoms with van der Waals surface area (Å²) in [6.07, 6.45) is -17.4. The molecular formula is C54H63N19O29P5S5-5. The first-order chi connectivity index (χ1) is 52.7. The molecule has 0 aromatic carbocycles. The molecule has 0 amide bonds. The minimum Gasteiger partial charge on any atom is -0.780 e. The van der Waals surface area contributed by atoms with Crippen LogP contribution in [-0.4, -0.2) is 205 Å². The van der Waals surface area contributed by atoms with Gasteiger partial charge in [-0.25, -0.2) is 34.5 Å². The van der Waals surface area contributed by atoms with Gasteiger partial charge in [-0.15, -0.1) is 0 Å². The maximum Gasteiger partial charge on any atom is 0.330 e. The fourth-order valence-corrected chi connectivity index (χ4v) is 21.0. The summed E-state index contributed by atoms with van der Waals surface area (Å²) in [5.74, 6) is -0.568. The van der Waals surface area contributed by atoms with Gasteiger partial charge in [0.1, 0.15) is 111 Å². The highest BCUT2D eigenvalue weighted by atomic mass is 32.7. The molecule has 112 heavy (non-hydrogen) atoms. The minimum atomic E-state index is -5.08. The molecule has 7 aliphatic rings. The van der Waals surface area contributed by atoms with Crippen molar-refractivity contribution in [1.29, 1.82) is 0 Å². The maximum atomic E-state index is 15.1. The Kier molecular flexibility index (Phi) is 22.1. The van der Waals surface area contributed by atoms with Gasteiger partial charge < -0.3 is 133 Å². The number of hydrogen-bond acceptors (Lipinski definition) is 43. The van der Waals surface area contributed by atoms with Crippen LogP contribution in [0.2, 0.25) is 0 Å². The monoisotopic (exact) mass is 1760 g/mol. The van der Waals surface area contributed by atoms with Gasteiger partial charge in [-0.1, -0.05) is 47.2 Å². The number of aliphatic hydroxyl groups excluding tert-OH is 1. The van der Waals surface area contributed by atoms with E-state index in [0.717, 1.165) is 27.9 Å². The number of nitrogens with one attached hydrogen (secondary N) is 4. The van der Waals surface area contributed by atoms with E-state index in [4.69, 9.17) is 139 Å². The molecule has 8 unspecified atom stereocenters. The fraction of sp³-hybridized carbons (Fsp3) is 0.574. The third-order valence-corrected chi connectivity index (χ3v) is 26.6. The molecular weight excluding hydrogens is 1690 g/mol. The quantitative estimate of drug-likeness (QED) is 0.0165. The first-order valence-corrected chi connectivity index (χ1v) is 46.1. The highest BCUT2D eigenvalue weighted by Gasteiger charge is 2.70. The molecule has 12 N–H and O–H groups in total. The van der Waals surface area contributed by atoms with E-state index in [0.29, 0.717) is 0 Å². The number of aryl methyl sites for hydroxylation is 2. The van der Waals surface area contributed by atoms with Crippen molar-refractivity contribution in [2.24, 2.45) is 0 Å². The number of aromatic amines is 4. The summed E-state index contributed by atoms with van der Waals surface area (Å²) >= 11 is 26.6. The molecule has 58 heteroatoms. The highest BCUT2D eigenvalue weighted by Crippen LogP contribution is 2.62. The number of H-pyrrole nitrogens is 4. The molecule has 24 atom stereocenters. The Hall–Kier alpha value is -5.69. The van der Waals surface area contributed by atoms with Gasteiger partial charge in [0, 0.05) is 42.8 Å². The van der Waals surface area contributed by atoms with Crippen LogP contribution in [0.3, 0.4) is 0 Å². The Morgan fingerprint density at radius 3 is 1.46 bits per heavy atom. The van der Waals surface area contributed by atoms with Crippen LogP contribution >= 0.6 is 33.7 Å². The molecule has 15 rings (SSSR count). The lowest BCUT2D eigenvalue weighted by Crippen LogP contribution is -2.51. The summed E-state index contributed by atoms with van der Waals surface area (Å²) in [7, 11) is 0. The van der Waals surface area contributed by atoms with Crippen LogP contribution in [0.5, 0.6) is 0 Å². The van der Waals surface area contributed by atoms with Crippen LogP contribution in [0.25, 0.3) is 33.5 Å². The van der Waals surface area contributed by atoms with Crippen LogP contribution in [0.15, 0.2) is 66.5 Å². The number of nitrogens with zero attached hydrogens (tertiary/aromatic N) is 12. The van der Waals surface area contributed by atoms with Gasteiger partial charge in [0.05, 0.1) is 82.5 Å². The molecule has 7 aliphatic heterocycles. The second-order valence-electron chi connectivity index (χ2n) is 26.7. The van der Waals surface area contributed by atoms with Crippen molar-refractivity contribution < 1.29 is 108 Å². The van der Waals surface area contributed by atoms with Gasteiger partial charge in [-0.05, 0) is 27.7 Å². The molecule has 608 valence electrons. The average Bonchev–Trinajstić information content (AvgIpc) is 1.55. The predicted molar refractivity (Wildman–Crippen MR) is 387 cm³/mol. The van der Waals surface area contributed by atoms with Crippen molar-refractivity contribution in [2.75, 3.05) is 50.2 Å². The van der Waals surface area contributed by atoms with Crippen LogP contribution < -0.4 is 70.4 Å². The molecule has 0 spiro atoms. The lowest BCUT2D eigenvalue weighted by molar-refractivity contribution is -0.225.